The molecule has 1 amide bonds. The maximum atomic E-state index is 12.3. The highest BCUT2D eigenvalue weighted by Crippen LogP contribution is 2.09. The Hall–Kier alpha value is -2.21. The van der Waals surface area contributed by atoms with E-state index in [1.165, 1.54) is 0 Å². The van der Waals surface area contributed by atoms with E-state index < -0.39 is 0 Å². The fourth-order valence-corrected chi connectivity index (χ4v) is 2.15. The molecule has 1 aromatic carbocycles. The molecule has 0 aliphatic heterocycles. The molecule has 0 fully saturated rings. The van der Waals surface area contributed by atoms with Crippen molar-refractivity contribution in [3.8, 4) is 0 Å². The second kappa shape index (κ2) is 7.54. The molecule has 0 aliphatic carbocycles. The van der Waals surface area contributed by atoms with E-state index in [9.17, 15) is 4.79 Å². The minimum Gasteiger partial charge on any atom is -0.345 e. The van der Waals surface area contributed by atoms with Crippen molar-refractivity contribution in [3.63, 3.8) is 0 Å². The Bertz CT molecular complexity index is 593. The van der Waals surface area contributed by atoms with E-state index in [-0.39, 0.29) is 5.91 Å². The summed E-state index contributed by atoms with van der Waals surface area (Å²) in [6.07, 6.45) is 2.49. The lowest BCUT2D eigenvalue weighted by molar-refractivity contribution is 0.0948. The fraction of sp³-hybridized carbons (Fsp3) is 0.400. The molecule has 1 heterocycles. The molecule has 2 N–H and O–H groups in total. The summed E-state index contributed by atoms with van der Waals surface area (Å²) in [5.74, 6) is 0.686. The zero-order valence-corrected chi connectivity index (χ0v) is 12.5. The van der Waals surface area contributed by atoms with Gasteiger partial charge in [-0.15, -0.1) is 10.2 Å². The summed E-state index contributed by atoms with van der Waals surface area (Å²) >= 11 is 0. The third-order valence-corrected chi connectivity index (χ3v) is 3.35. The zero-order chi connectivity index (χ0) is 15.1. The number of carbonyl (C=O) groups is 1. The number of nitrogens with one attached hydrogen (secondary N) is 2. The number of aryl methyl sites for hydroxylation is 1. The predicted molar refractivity (Wildman–Crippen MR) is 80.9 cm³/mol. The molecule has 1 aromatic heterocycles. The van der Waals surface area contributed by atoms with E-state index in [4.69, 9.17) is 0 Å². The molecule has 6 nitrogen and oxygen atoms in total. The zero-order valence-electron chi connectivity index (χ0n) is 12.5. The van der Waals surface area contributed by atoms with Crippen molar-refractivity contribution in [1.29, 1.82) is 0 Å². The van der Waals surface area contributed by atoms with Gasteiger partial charge in [0, 0.05) is 12.1 Å². The number of benzene rings is 1. The van der Waals surface area contributed by atoms with Crippen LogP contribution in [0.3, 0.4) is 0 Å². The monoisotopic (exact) mass is 287 g/mol. The van der Waals surface area contributed by atoms with Gasteiger partial charge in [0.15, 0.2) is 5.82 Å². The van der Waals surface area contributed by atoms with Crippen LogP contribution in [-0.2, 0) is 19.5 Å². The van der Waals surface area contributed by atoms with Crippen molar-refractivity contribution in [2.24, 2.45) is 0 Å². The molecule has 112 valence electrons. The summed E-state index contributed by atoms with van der Waals surface area (Å²) in [4.78, 5) is 12.3. The van der Waals surface area contributed by atoms with Crippen LogP contribution in [0.2, 0.25) is 0 Å². The first kappa shape index (κ1) is 15.2. The van der Waals surface area contributed by atoms with Crippen LogP contribution < -0.4 is 10.6 Å². The topological polar surface area (TPSA) is 71.8 Å². The number of hydrogen-bond acceptors (Lipinski definition) is 4. The number of hydrogen-bond donors (Lipinski definition) is 2. The third kappa shape index (κ3) is 3.88. The second-order valence-corrected chi connectivity index (χ2v) is 4.73. The van der Waals surface area contributed by atoms with E-state index in [0.717, 1.165) is 36.5 Å². The van der Waals surface area contributed by atoms with Crippen molar-refractivity contribution in [1.82, 2.24) is 25.4 Å². The van der Waals surface area contributed by atoms with Gasteiger partial charge in [-0.1, -0.05) is 18.2 Å². The van der Waals surface area contributed by atoms with Crippen LogP contribution in [0, 0.1) is 0 Å². The van der Waals surface area contributed by atoms with Crippen LogP contribution in [-0.4, -0.2) is 34.3 Å². The molecule has 0 spiro atoms. The first-order chi connectivity index (χ1) is 10.3. The summed E-state index contributed by atoms with van der Waals surface area (Å²) in [6.45, 7) is 4.03. The Kier molecular flexibility index (Phi) is 5.45. The van der Waals surface area contributed by atoms with Crippen LogP contribution in [0.15, 0.2) is 30.6 Å². The summed E-state index contributed by atoms with van der Waals surface area (Å²) in [6, 6.07) is 7.67. The second-order valence-electron chi connectivity index (χ2n) is 4.73. The van der Waals surface area contributed by atoms with Crippen LogP contribution in [0.1, 0.15) is 28.7 Å². The Labute approximate surface area is 124 Å². The first-order valence-electron chi connectivity index (χ1n) is 7.13. The quantitative estimate of drug-likeness (QED) is 0.796. The van der Waals surface area contributed by atoms with E-state index in [1.54, 1.807) is 6.33 Å². The van der Waals surface area contributed by atoms with Gasteiger partial charge in [0.1, 0.15) is 6.33 Å². The highest BCUT2D eigenvalue weighted by Gasteiger charge is 2.11. The molecule has 6 heteroatoms. The lowest BCUT2D eigenvalue weighted by Crippen LogP contribution is -2.26. The molecular formula is C15H21N5O. The molecule has 0 aliphatic rings. The van der Waals surface area contributed by atoms with Gasteiger partial charge in [0.05, 0.1) is 6.54 Å². The highest BCUT2D eigenvalue weighted by atomic mass is 16.1. The molecule has 0 saturated carbocycles. The molecule has 2 aromatic rings. The van der Waals surface area contributed by atoms with E-state index in [0.29, 0.717) is 6.54 Å². The normalized spacial score (nSPS) is 10.6. The van der Waals surface area contributed by atoms with E-state index in [1.807, 2.05) is 42.8 Å². The highest BCUT2D eigenvalue weighted by molar-refractivity contribution is 5.95. The van der Waals surface area contributed by atoms with E-state index in [2.05, 4.69) is 20.8 Å². The van der Waals surface area contributed by atoms with E-state index >= 15 is 0 Å². The maximum Gasteiger partial charge on any atom is 0.251 e. The van der Waals surface area contributed by atoms with Gasteiger partial charge in [0.2, 0.25) is 0 Å². The molecule has 2 rings (SSSR count). The van der Waals surface area contributed by atoms with Crippen LogP contribution in [0.4, 0.5) is 0 Å². The van der Waals surface area contributed by atoms with Crippen molar-refractivity contribution in [3.05, 3.63) is 47.5 Å². The number of rotatable bonds is 7. The standard InChI is InChI=1S/C15H21N5O/c1-3-20-11-18-19-14(20)10-17-15(21)13-7-5-4-6-12(13)8-9-16-2/h4-7,11,16H,3,8-10H2,1-2H3,(H,17,21). The Morgan fingerprint density at radius 2 is 2.14 bits per heavy atom. The molecule has 0 saturated heterocycles. The minimum absolute atomic E-state index is 0.0765. The van der Waals surface area contributed by atoms with Gasteiger partial charge in [-0.05, 0) is 38.6 Å². The fourth-order valence-electron chi connectivity index (χ4n) is 2.15. The van der Waals surface area contributed by atoms with Gasteiger partial charge in [-0.2, -0.15) is 0 Å². The Morgan fingerprint density at radius 3 is 2.90 bits per heavy atom. The molecule has 0 unspecified atom stereocenters. The SMILES string of the molecule is CCn1cnnc1CNC(=O)c1ccccc1CCNC. The average Bonchev–Trinajstić information content (AvgIpc) is 2.98. The predicted octanol–water partition coefficient (Wildman–Crippen LogP) is 0.990. The summed E-state index contributed by atoms with van der Waals surface area (Å²) in [5, 5.41) is 13.9. The lowest BCUT2D eigenvalue weighted by Gasteiger charge is -2.10. The molecular weight excluding hydrogens is 266 g/mol. The number of amides is 1. The molecule has 21 heavy (non-hydrogen) atoms. The third-order valence-electron chi connectivity index (χ3n) is 3.35. The lowest BCUT2D eigenvalue weighted by atomic mass is 10.0. The maximum absolute atomic E-state index is 12.3. The van der Waals surface area contributed by atoms with Gasteiger partial charge in [0.25, 0.3) is 5.91 Å². The van der Waals surface area contributed by atoms with Gasteiger partial charge >= 0.3 is 0 Å². The smallest absolute Gasteiger partial charge is 0.251 e. The molecule has 0 bridgehead atoms. The number of nitrogens with zero attached hydrogens (tertiary/aromatic N) is 3. The van der Waals surface area contributed by atoms with Crippen molar-refractivity contribution >= 4 is 5.91 Å². The van der Waals surface area contributed by atoms with Crippen molar-refractivity contribution in [2.75, 3.05) is 13.6 Å². The van der Waals surface area contributed by atoms with Gasteiger partial charge < -0.3 is 15.2 Å². The van der Waals surface area contributed by atoms with Crippen molar-refractivity contribution in [2.45, 2.75) is 26.4 Å². The van der Waals surface area contributed by atoms with Crippen LogP contribution in [0.5, 0.6) is 0 Å². The number of carbonyl (C=O) groups excluding carboxylic acids is 1. The summed E-state index contributed by atoms with van der Waals surface area (Å²) < 4.78 is 1.91. The summed E-state index contributed by atoms with van der Waals surface area (Å²) in [5.41, 5.74) is 1.76. The van der Waals surface area contributed by atoms with Crippen LogP contribution >= 0.6 is 0 Å². The van der Waals surface area contributed by atoms with Gasteiger partial charge in [-0.25, -0.2) is 0 Å². The van der Waals surface area contributed by atoms with Gasteiger partial charge in [-0.3, -0.25) is 4.79 Å². The first-order valence-corrected chi connectivity index (χ1v) is 7.13. The number of likely N-dealkylation sites (N-methyl/N-ethyl adjacent to an activating group) is 1. The van der Waals surface area contributed by atoms with Crippen LogP contribution in [0.25, 0.3) is 0 Å². The summed E-state index contributed by atoms with van der Waals surface area (Å²) in [7, 11) is 1.90. The largest absolute Gasteiger partial charge is 0.345 e. The Balaban J connectivity index is 2.03. The molecule has 0 radical (unpaired) electrons. The minimum atomic E-state index is -0.0765. The Morgan fingerprint density at radius 1 is 1.33 bits per heavy atom. The molecule has 0 atom stereocenters. The average molecular weight is 287 g/mol. The van der Waals surface area contributed by atoms with Crippen molar-refractivity contribution < 1.29 is 4.79 Å². The number of aromatic nitrogens is 3.